The molecular weight excluding hydrogens is 246 g/mol. The first-order valence-corrected chi connectivity index (χ1v) is 7.01. The van der Waals surface area contributed by atoms with Crippen LogP contribution in [0.5, 0.6) is 0 Å². The maximum absolute atomic E-state index is 4.61. The van der Waals surface area contributed by atoms with Crippen LogP contribution in [0.3, 0.4) is 0 Å². The fraction of sp³-hybridized carbons (Fsp3) is 0.417. The van der Waals surface area contributed by atoms with Gasteiger partial charge in [0.25, 0.3) is 0 Å². The summed E-state index contributed by atoms with van der Waals surface area (Å²) in [5.41, 5.74) is 1.13. The van der Waals surface area contributed by atoms with Gasteiger partial charge in [-0.05, 0) is 19.4 Å². The predicted octanol–water partition coefficient (Wildman–Crippen LogP) is 2.49. The standard InChI is InChI=1S/C12H15N5S/c1-2-4-14-9(3-1)10-8-18-12(16-10)17-11-7-13-5-6-15-11/h5-9,14H,1-4H2,(H,15,16,17)/t9-/m0/s1. The first-order valence-electron chi connectivity index (χ1n) is 6.14. The molecule has 1 fully saturated rings. The summed E-state index contributed by atoms with van der Waals surface area (Å²) < 4.78 is 0. The Morgan fingerprint density at radius 1 is 1.33 bits per heavy atom. The first kappa shape index (κ1) is 11.6. The quantitative estimate of drug-likeness (QED) is 0.888. The van der Waals surface area contributed by atoms with Crippen LogP contribution in [0.25, 0.3) is 0 Å². The van der Waals surface area contributed by atoms with Crippen molar-refractivity contribution in [1.82, 2.24) is 20.3 Å². The van der Waals surface area contributed by atoms with E-state index in [0.29, 0.717) is 6.04 Å². The lowest BCUT2D eigenvalue weighted by atomic mass is 10.0. The highest BCUT2D eigenvalue weighted by atomic mass is 32.1. The molecular formula is C12H15N5S. The zero-order valence-corrected chi connectivity index (χ0v) is 10.8. The van der Waals surface area contributed by atoms with Gasteiger partial charge in [0.15, 0.2) is 10.9 Å². The minimum atomic E-state index is 0.410. The summed E-state index contributed by atoms with van der Waals surface area (Å²) in [5, 5.41) is 9.66. The molecule has 3 heterocycles. The summed E-state index contributed by atoms with van der Waals surface area (Å²) in [6.45, 7) is 1.09. The van der Waals surface area contributed by atoms with Gasteiger partial charge < -0.3 is 10.6 Å². The van der Waals surface area contributed by atoms with Gasteiger partial charge in [-0.15, -0.1) is 11.3 Å². The zero-order chi connectivity index (χ0) is 12.2. The van der Waals surface area contributed by atoms with Crippen LogP contribution in [-0.4, -0.2) is 21.5 Å². The van der Waals surface area contributed by atoms with E-state index in [2.05, 4.69) is 31.0 Å². The van der Waals surface area contributed by atoms with Crippen molar-refractivity contribution in [3.63, 3.8) is 0 Å². The van der Waals surface area contributed by atoms with Crippen LogP contribution in [0.15, 0.2) is 24.0 Å². The number of thiazole rings is 1. The van der Waals surface area contributed by atoms with Crippen molar-refractivity contribution < 1.29 is 0 Å². The fourth-order valence-electron chi connectivity index (χ4n) is 2.08. The van der Waals surface area contributed by atoms with Crippen molar-refractivity contribution in [2.75, 3.05) is 11.9 Å². The van der Waals surface area contributed by atoms with Crippen molar-refractivity contribution in [3.05, 3.63) is 29.7 Å². The van der Waals surface area contributed by atoms with E-state index in [1.807, 2.05) is 0 Å². The smallest absolute Gasteiger partial charge is 0.188 e. The molecule has 3 rings (SSSR count). The topological polar surface area (TPSA) is 62.7 Å². The van der Waals surface area contributed by atoms with Gasteiger partial charge in [0.2, 0.25) is 0 Å². The highest BCUT2D eigenvalue weighted by Crippen LogP contribution is 2.27. The summed E-state index contributed by atoms with van der Waals surface area (Å²) in [7, 11) is 0. The van der Waals surface area contributed by atoms with Gasteiger partial charge in [-0.3, -0.25) is 4.98 Å². The number of piperidine rings is 1. The molecule has 1 atom stereocenters. The molecule has 94 valence electrons. The molecule has 0 radical (unpaired) electrons. The maximum Gasteiger partial charge on any atom is 0.188 e. The van der Waals surface area contributed by atoms with Crippen LogP contribution >= 0.6 is 11.3 Å². The summed E-state index contributed by atoms with van der Waals surface area (Å²) in [6.07, 6.45) is 8.74. The molecule has 2 aromatic heterocycles. The number of aromatic nitrogens is 3. The molecule has 0 aliphatic carbocycles. The number of hydrogen-bond acceptors (Lipinski definition) is 6. The second kappa shape index (κ2) is 5.41. The van der Waals surface area contributed by atoms with E-state index in [9.17, 15) is 0 Å². The number of nitrogens with zero attached hydrogens (tertiary/aromatic N) is 3. The number of nitrogens with one attached hydrogen (secondary N) is 2. The summed E-state index contributed by atoms with van der Waals surface area (Å²) >= 11 is 1.61. The predicted molar refractivity (Wildman–Crippen MR) is 72.0 cm³/mol. The van der Waals surface area contributed by atoms with Crippen molar-refractivity contribution in [2.24, 2.45) is 0 Å². The number of hydrogen-bond donors (Lipinski definition) is 2. The third kappa shape index (κ3) is 2.65. The van der Waals surface area contributed by atoms with Gasteiger partial charge in [-0.25, -0.2) is 9.97 Å². The van der Waals surface area contributed by atoms with E-state index in [1.54, 1.807) is 29.9 Å². The second-order valence-corrected chi connectivity index (χ2v) is 5.15. The summed E-state index contributed by atoms with van der Waals surface area (Å²) in [5.74, 6) is 0.731. The Morgan fingerprint density at radius 3 is 3.11 bits per heavy atom. The van der Waals surface area contributed by atoms with Crippen molar-refractivity contribution >= 4 is 22.3 Å². The average Bonchev–Trinajstić information content (AvgIpc) is 2.89. The van der Waals surface area contributed by atoms with Crippen LogP contribution in [0.2, 0.25) is 0 Å². The molecule has 2 N–H and O–H groups in total. The van der Waals surface area contributed by atoms with E-state index in [1.165, 1.54) is 19.3 Å². The third-order valence-electron chi connectivity index (χ3n) is 2.99. The molecule has 1 aliphatic rings. The molecule has 0 bridgehead atoms. The Balaban J connectivity index is 1.69. The van der Waals surface area contributed by atoms with E-state index in [0.717, 1.165) is 23.2 Å². The van der Waals surface area contributed by atoms with Crippen molar-refractivity contribution in [2.45, 2.75) is 25.3 Å². The molecule has 6 heteroatoms. The average molecular weight is 261 g/mol. The lowest BCUT2D eigenvalue weighted by Gasteiger charge is -2.21. The van der Waals surface area contributed by atoms with E-state index in [4.69, 9.17) is 0 Å². The minimum Gasteiger partial charge on any atom is -0.315 e. The highest BCUT2D eigenvalue weighted by molar-refractivity contribution is 7.13. The number of anilines is 2. The summed E-state index contributed by atoms with van der Waals surface area (Å²) in [4.78, 5) is 12.8. The normalized spacial score (nSPS) is 19.7. The van der Waals surface area contributed by atoms with Crippen LogP contribution in [0.4, 0.5) is 10.9 Å². The lowest BCUT2D eigenvalue weighted by Crippen LogP contribution is -2.26. The molecule has 18 heavy (non-hydrogen) atoms. The fourth-order valence-corrected chi connectivity index (χ4v) is 2.85. The minimum absolute atomic E-state index is 0.410. The van der Waals surface area contributed by atoms with Gasteiger partial charge in [-0.1, -0.05) is 6.42 Å². The molecule has 5 nitrogen and oxygen atoms in total. The van der Waals surface area contributed by atoms with Crippen molar-refractivity contribution in [3.8, 4) is 0 Å². The van der Waals surface area contributed by atoms with Gasteiger partial charge in [-0.2, -0.15) is 0 Å². The Labute approximate surface area is 110 Å². The van der Waals surface area contributed by atoms with Gasteiger partial charge >= 0.3 is 0 Å². The number of rotatable bonds is 3. The molecule has 2 aromatic rings. The SMILES string of the molecule is c1cnc(Nc2nc([C@@H]3CCCCN3)cs2)cn1. The Kier molecular flexibility index (Phi) is 3.47. The Hall–Kier alpha value is -1.53. The molecule has 0 aromatic carbocycles. The van der Waals surface area contributed by atoms with Gasteiger partial charge in [0.1, 0.15) is 0 Å². The zero-order valence-electron chi connectivity index (χ0n) is 9.97. The van der Waals surface area contributed by atoms with Crippen LogP contribution in [0.1, 0.15) is 31.0 Å². The Morgan fingerprint density at radius 2 is 2.33 bits per heavy atom. The maximum atomic E-state index is 4.61. The summed E-state index contributed by atoms with van der Waals surface area (Å²) in [6, 6.07) is 0.410. The monoisotopic (exact) mass is 261 g/mol. The van der Waals surface area contributed by atoms with E-state index >= 15 is 0 Å². The second-order valence-electron chi connectivity index (χ2n) is 4.30. The highest BCUT2D eigenvalue weighted by Gasteiger charge is 2.17. The molecule has 0 unspecified atom stereocenters. The van der Waals surface area contributed by atoms with Crippen LogP contribution in [-0.2, 0) is 0 Å². The van der Waals surface area contributed by atoms with Gasteiger partial charge in [0.05, 0.1) is 17.9 Å². The van der Waals surface area contributed by atoms with Crippen LogP contribution < -0.4 is 10.6 Å². The lowest BCUT2D eigenvalue weighted by molar-refractivity contribution is 0.407. The molecule has 0 amide bonds. The van der Waals surface area contributed by atoms with Gasteiger partial charge in [0, 0.05) is 17.8 Å². The van der Waals surface area contributed by atoms with Crippen LogP contribution in [0, 0.1) is 0 Å². The molecule has 0 saturated carbocycles. The largest absolute Gasteiger partial charge is 0.315 e. The molecule has 1 saturated heterocycles. The molecule has 0 spiro atoms. The molecule has 1 aliphatic heterocycles. The third-order valence-corrected chi connectivity index (χ3v) is 3.76. The Bertz CT molecular complexity index is 492. The first-order chi connectivity index (χ1) is 8.92. The van der Waals surface area contributed by atoms with Crippen molar-refractivity contribution in [1.29, 1.82) is 0 Å². The van der Waals surface area contributed by atoms with E-state index < -0.39 is 0 Å². The van der Waals surface area contributed by atoms with E-state index in [-0.39, 0.29) is 0 Å².